The number of hydrogen-bond acceptors (Lipinski definition) is 3. The second-order valence-electron chi connectivity index (χ2n) is 6.94. The van der Waals surface area contributed by atoms with Crippen LogP contribution in [0.2, 0.25) is 0 Å². The van der Waals surface area contributed by atoms with Crippen molar-refractivity contribution in [1.29, 1.82) is 0 Å². The Balaban J connectivity index is 0.00000182. The summed E-state index contributed by atoms with van der Waals surface area (Å²) < 4.78 is 0. The smallest absolute Gasteiger partial charge is 0.0366 e. The van der Waals surface area contributed by atoms with Crippen LogP contribution in [0, 0.1) is 0 Å². The van der Waals surface area contributed by atoms with E-state index in [4.69, 9.17) is 0 Å². The lowest BCUT2D eigenvalue weighted by Crippen LogP contribution is -2.42. The summed E-state index contributed by atoms with van der Waals surface area (Å²) in [5.74, 6) is 0. The lowest BCUT2D eigenvalue weighted by molar-refractivity contribution is 0.410. The number of hydrogen-bond donors (Lipinski definition) is 2. The van der Waals surface area contributed by atoms with Crippen LogP contribution in [0.15, 0.2) is 54.6 Å². The minimum Gasteiger partial charge on any atom is -0.371 e. The van der Waals surface area contributed by atoms with E-state index in [-0.39, 0.29) is 24.8 Å². The van der Waals surface area contributed by atoms with Crippen LogP contribution >= 0.6 is 24.8 Å². The molecule has 0 spiro atoms. The zero-order valence-electron chi connectivity index (χ0n) is 16.2. The first-order valence-electron chi connectivity index (χ1n) is 9.65. The number of nitrogens with zero attached hydrogens (tertiary/aromatic N) is 1. The molecule has 1 saturated heterocycles. The number of piperidine rings is 1. The fourth-order valence-electron chi connectivity index (χ4n) is 3.57. The molecular formula is C22H33Cl2N3. The van der Waals surface area contributed by atoms with Gasteiger partial charge >= 0.3 is 0 Å². The topological polar surface area (TPSA) is 27.3 Å². The van der Waals surface area contributed by atoms with Gasteiger partial charge < -0.3 is 15.5 Å². The van der Waals surface area contributed by atoms with Crippen LogP contribution in [0.1, 0.15) is 25.7 Å². The highest BCUT2D eigenvalue weighted by atomic mass is 35.5. The molecular weight excluding hydrogens is 377 g/mol. The predicted molar refractivity (Wildman–Crippen MR) is 123 cm³/mol. The fraction of sp³-hybridized carbons (Fsp3) is 0.455. The maximum absolute atomic E-state index is 3.73. The highest BCUT2D eigenvalue weighted by molar-refractivity contribution is 5.85. The van der Waals surface area contributed by atoms with Crippen molar-refractivity contribution in [1.82, 2.24) is 10.6 Å². The van der Waals surface area contributed by atoms with Crippen molar-refractivity contribution in [2.45, 2.75) is 31.7 Å². The van der Waals surface area contributed by atoms with Crippen molar-refractivity contribution in [3.63, 3.8) is 0 Å². The Morgan fingerprint density at radius 1 is 0.815 bits per heavy atom. The van der Waals surface area contributed by atoms with Crippen LogP contribution in [0.3, 0.4) is 0 Å². The summed E-state index contributed by atoms with van der Waals surface area (Å²) in [4.78, 5) is 2.52. The lowest BCUT2D eigenvalue weighted by Gasteiger charge is -2.34. The van der Waals surface area contributed by atoms with E-state index in [1.54, 1.807) is 0 Å². The van der Waals surface area contributed by atoms with Crippen molar-refractivity contribution >= 4 is 30.5 Å². The molecule has 5 heteroatoms. The minimum absolute atomic E-state index is 0. The Labute approximate surface area is 176 Å². The summed E-state index contributed by atoms with van der Waals surface area (Å²) >= 11 is 0. The molecule has 1 aliphatic heterocycles. The fourth-order valence-corrected chi connectivity index (χ4v) is 3.57. The number of rotatable bonds is 8. The Bertz CT molecular complexity index is 611. The summed E-state index contributed by atoms with van der Waals surface area (Å²) in [6.45, 7) is 4.58. The number of anilines is 1. The molecule has 0 aliphatic carbocycles. The van der Waals surface area contributed by atoms with Gasteiger partial charge in [-0.3, -0.25) is 0 Å². The largest absolute Gasteiger partial charge is 0.371 e. The van der Waals surface area contributed by atoms with Crippen molar-refractivity contribution in [3.05, 3.63) is 54.6 Å². The standard InChI is InChI=1S/C22H31N3.2ClH/c1-23-15-5-6-16-24-21-13-17-25(18-14-21)22-11-9-20(10-12-22)19-7-3-2-4-8-19;;/h2-4,7-12,21,23-24H,5-6,13-18H2,1H3;2*1H. The molecule has 1 aliphatic rings. The van der Waals surface area contributed by atoms with Gasteiger partial charge in [0.05, 0.1) is 0 Å². The summed E-state index contributed by atoms with van der Waals surface area (Å²) in [7, 11) is 2.02. The maximum Gasteiger partial charge on any atom is 0.0366 e. The first-order valence-corrected chi connectivity index (χ1v) is 9.65. The van der Waals surface area contributed by atoms with E-state index >= 15 is 0 Å². The maximum atomic E-state index is 3.73. The number of benzene rings is 2. The molecule has 3 rings (SSSR count). The van der Waals surface area contributed by atoms with Crippen molar-refractivity contribution in [3.8, 4) is 11.1 Å². The van der Waals surface area contributed by atoms with Crippen LogP contribution in [0.5, 0.6) is 0 Å². The van der Waals surface area contributed by atoms with Gasteiger partial charge in [0.15, 0.2) is 0 Å². The Hall–Kier alpha value is -1.26. The number of halogens is 2. The van der Waals surface area contributed by atoms with Gasteiger partial charge in [0.1, 0.15) is 0 Å². The third-order valence-electron chi connectivity index (χ3n) is 5.12. The summed E-state index contributed by atoms with van der Waals surface area (Å²) in [5, 5.41) is 6.94. The SMILES string of the molecule is CNCCCCNC1CCN(c2ccc(-c3ccccc3)cc2)CC1.Cl.Cl. The van der Waals surface area contributed by atoms with Gasteiger partial charge in [0.2, 0.25) is 0 Å². The van der Waals surface area contributed by atoms with Gasteiger partial charge in [-0.05, 0) is 69.1 Å². The molecule has 150 valence electrons. The second-order valence-corrected chi connectivity index (χ2v) is 6.94. The van der Waals surface area contributed by atoms with Gasteiger partial charge in [0.25, 0.3) is 0 Å². The van der Waals surface area contributed by atoms with Gasteiger partial charge in [-0.2, -0.15) is 0 Å². The van der Waals surface area contributed by atoms with Crippen molar-refractivity contribution in [2.75, 3.05) is 38.1 Å². The number of unbranched alkanes of at least 4 members (excludes halogenated alkanes) is 1. The van der Waals surface area contributed by atoms with E-state index in [0.717, 1.165) is 26.2 Å². The van der Waals surface area contributed by atoms with Crippen LogP contribution in [0.4, 0.5) is 5.69 Å². The van der Waals surface area contributed by atoms with Crippen LogP contribution < -0.4 is 15.5 Å². The van der Waals surface area contributed by atoms with Crippen LogP contribution in [-0.2, 0) is 0 Å². The molecule has 2 aromatic rings. The molecule has 0 bridgehead atoms. The average Bonchev–Trinajstić information content (AvgIpc) is 2.69. The highest BCUT2D eigenvalue weighted by Crippen LogP contribution is 2.25. The van der Waals surface area contributed by atoms with E-state index in [2.05, 4.69) is 70.1 Å². The Morgan fingerprint density at radius 2 is 1.41 bits per heavy atom. The molecule has 0 aromatic heterocycles. The van der Waals surface area contributed by atoms with E-state index in [1.165, 1.54) is 42.5 Å². The average molecular weight is 410 g/mol. The molecule has 0 amide bonds. The molecule has 1 fully saturated rings. The van der Waals surface area contributed by atoms with Crippen LogP contribution in [-0.4, -0.2) is 39.3 Å². The summed E-state index contributed by atoms with van der Waals surface area (Å²) in [6, 6.07) is 20.3. The molecule has 2 aromatic carbocycles. The zero-order chi connectivity index (χ0) is 17.3. The predicted octanol–water partition coefficient (Wildman–Crippen LogP) is 4.76. The Kier molecular flexibility index (Phi) is 11.5. The molecule has 27 heavy (non-hydrogen) atoms. The summed E-state index contributed by atoms with van der Waals surface area (Å²) in [5.41, 5.74) is 3.94. The summed E-state index contributed by atoms with van der Waals surface area (Å²) in [6.07, 6.45) is 5.01. The molecule has 2 N–H and O–H groups in total. The monoisotopic (exact) mass is 409 g/mol. The Morgan fingerprint density at radius 3 is 2.04 bits per heavy atom. The van der Waals surface area contributed by atoms with E-state index < -0.39 is 0 Å². The molecule has 0 unspecified atom stereocenters. The first-order chi connectivity index (χ1) is 12.4. The molecule has 1 heterocycles. The van der Waals surface area contributed by atoms with Gasteiger partial charge in [-0.1, -0.05) is 42.5 Å². The molecule has 0 radical (unpaired) electrons. The highest BCUT2D eigenvalue weighted by Gasteiger charge is 2.18. The quantitative estimate of drug-likeness (QED) is 0.615. The third-order valence-corrected chi connectivity index (χ3v) is 5.12. The molecule has 3 nitrogen and oxygen atoms in total. The molecule has 0 saturated carbocycles. The molecule has 0 atom stereocenters. The van der Waals surface area contributed by atoms with E-state index in [0.29, 0.717) is 6.04 Å². The van der Waals surface area contributed by atoms with E-state index in [9.17, 15) is 0 Å². The second kappa shape index (κ2) is 13.0. The van der Waals surface area contributed by atoms with E-state index in [1.807, 2.05) is 7.05 Å². The van der Waals surface area contributed by atoms with Crippen LogP contribution in [0.25, 0.3) is 11.1 Å². The van der Waals surface area contributed by atoms with Gasteiger partial charge in [0, 0.05) is 24.8 Å². The third kappa shape index (κ3) is 7.34. The minimum atomic E-state index is 0. The lowest BCUT2D eigenvalue weighted by atomic mass is 10.0. The van der Waals surface area contributed by atoms with Gasteiger partial charge in [-0.25, -0.2) is 0 Å². The normalized spacial score (nSPS) is 14.3. The van der Waals surface area contributed by atoms with Gasteiger partial charge in [-0.15, -0.1) is 24.8 Å². The first kappa shape index (κ1) is 23.8. The zero-order valence-corrected chi connectivity index (χ0v) is 17.8. The van der Waals surface area contributed by atoms with Crippen molar-refractivity contribution in [2.24, 2.45) is 0 Å². The number of nitrogens with one attached hydrogen (secondary N) is 2. The van der Waals surface area contributed by atoms with Crippen molar-refractivity contribution < 1.29 is 0 Å².